The van der Waals surface area contributed by atoms with E-state index in [2.05, 4.69) is 10.2 Å². The van der Waals surface area contributed by atoms with Crippen LogP contribution in [-0.2, 0) is 4.79 Å². The fraction of sp³-hybridized carbons (Fsp3) is 0.889. The van der Waals surface area contributed by atoms with E-state index in [1.807, 2.05) is 0 Å². The lowest BCUT2D eigenvalue weighted by Crippen LogP contribution is -2.34. The Morgan fingerprint density at radius 2 is 2.46 bits per heavy atom. The van der Waals surface area contributed by atoms with Crippen LogP contribution in [0.1, 0.15) is 12.8 Å². The third-order valence-electron chi connectivity index (χ3n) is 2.55. The highest BCUT2D eigenvalue weighted by Crippen LogP contribution is 2.18. The molecule has 1 unspecified atom stereocenters. The summed E-state index contributed by atoms with van der Waals surface area (Å²) in [6, 6.07) is 0. The van der Waals surface area contributed by atoms with Gasteiger partial charge in [0.25, 0.3) is 0 Å². The predicted molar refractivity (Wildman–Crippen MR) is 50.3 cm³/mol. The van der Waals surface area contributed by atoms with E-state index in [0.29, 0.717) is 12.5 Å². The first-order valence-electron chi connectivity index (χ1n) is 4.80. The van der Waals surface area contributed by atoms with Gasteiger partial charge in [-0.1, -0.05) is 0 Å². The second kappa shape index (κ2) is 5.19. The molecule has 0 bridgehead atoms. The van der Waals surface area contributed by atoms with Crippen molar-refractivity contribution in [1.82, 2.24) is 10.2 Å². The summed E-state index contributed by atoms with van der Waals surface area (Å²) in [4.78, 5) is 13.2. The van der Waals surface area contributed by atoms with E-state index in [9.17, 15) is 4.79 Å². The van der Waals surface area contributed by atoms with Crippen molar-refractivity contribution >= 4 is 5.91 Å². The number of hydrogen-bond donors (Lipinski definition) is 2. The molecule has 0 radical (unpaired) electrons. The predicted octanol–water partition coefficient (Wildman–Crippen LogP) is -0.563. The normalized spacial score (nSPS) is 23.4. The molecule has 2 N–H and O–H groups in total. The van der Waals surface area contributed by atoms with Crippen molar-refractivity contribution in [3.63, 3.8) is 0 Å². The number of carbonyl (C=O) groups excluding carboxylic acids is 1. The van der Waals surface area contributed by atoms with Gasteiger partial charge in [-0.05, 0) is 25.3 Å². The topological polar surface area (TPSA) is 52.6 Å². The van der Waals surface area contributed by atoms with Crippen LogP contribution in [0.5, 0.6) is 0 Å². The molecular weight excluding hydrogens is 168 g/mol. The van der Waals surface area contributed by atoms with Crippen molar-refractivity contribution in [1.29, 1.82) is 0 Å². The minimum atomic E-state index is 0.0737. The second-order valence-electron chi connectivity index (χ2n) is 3.58. The summed E-state index contributed by atoms with van der Waals surface area (Å²) < 4.78 is 0. The van der Waals surface area contributed by atoms with Crippen LogP contribution in [0.15, 0.2) is 0 Å². The molecule has 13 heavy (non-hydrogen) atoms. The van der Waals surface area contributed by atoms with Crippen molar-refractivity contribution in [2.24, 2.45) is 5.92 Å². The molecular formula is C9H18N2O2. The first-order valence-corrected chi connectivity index (χ1v) is 4.80. The summed E-state index contributed by atoms with van der Waals surface area (Å²) in [5, 5.41) is 11.4. The lowest BCUT2D eigenvalue weighted by Gasteiger charge is -2.14. The van der Waals surface area contributed by atoms with Gasteiger partial charge in [-0.2, -0.15) is 0 Å². The summed E-state index contributed by atoms with van der Waals surface area (Å²) in [5.74, 6) is 0.652. The molecule has 1 saturated heterocycles. The Hall–Kier alpha value is -0.610. The molecule has 4 nitrogen and oxygen atoms in total. The number of likely N-dealkylation sites (tertiary alicyclic amines) is 1. The van der Waals surface area contributed by atoms with E-state index >= 15 is 0 Å². The number of aliphatic hydroxyl groups excluding tert-OH is 1. The minimum Gasteiger partial charge on any atom is -0.396 e. The van der Waals surface area contributed by atoms with Gasteiger partial charge in [-0.15, -0.1) is 0 Å². The molecule has 0 aromatic rings. The highest BCUT2D eigenvalue weighted by Gasteiger charge is 2.22. The Balaban J connectivity index is 2.20. The number of aliphatic hydroxyl groups is 1. The molecule has 0 saturated carbocycles. The molecule has 4 heteroatoms. The van der Waals surface area contributed by atoms with Crippen LogP contribution in [-0.4, -0.2) is 49.2 Å². The van der Waals surface area contributed by atoms with Gasteiger partial charge in [0, 0.05) is 20.2 Å². The van der Waals surface area contributed by atoms with Crippen LogP contribution in [0.4, 0.5) is 0 Å². The highest BCUT2D eigenvalue weighted by atomic mass is 16.3. The van der Waals surface area contributed by atoms with Crippen LogP contribution < -0.4 is 5.32 Å². The lowest BCUT2D eigenvalue weighted by molar-refractivity contribution is -0.121. The maximum absolute atomic E-state index is 11.0. The largest absolute Gasteiger partial charge is 0.396 e. The summed E-state index contributed by atoms with van der Waals surface area (Å²) in [5.41, 5.74) is 0. The average Bonchev–Trinajstić information content (AvgIpc) is 2.53. The first kappa shape index (κ1) is 10.5. The molecule has 1 fully saturated rings. The van der Waals surface area contributed by atoms with Gasteiger partial charge in [0.1, 0.15) is 0 Å². The second-order valence-corrected chi connectivity index (χ2v) is 3.58. The van der Waals surface area contributed by atoms with E-state index in [-0.39, 0.29) is 12.5 Å². The van der Waals surface area contributed by atoms with Gasteiger partial charge in [-0.25, -0.2) is 0 Å². The Morgan fingerprint density at radius 3 is 3.08 bits per heavy atom. The molecule has 1 heterocycles. The maximum atomic E-state index is 11.0. The summed E-state index contributed by atoms with van der Waals surface area (Å²) >= 11 is 0. The van der Waals surface area contributed by atoms with Crippen molar-refractivity contribution in [2.45, 2.75) is 12.8 Å². The number of nitrogens with one attached hydrogen (secondary N) is 1. The molecule has 1 rings (SSSR count). The molecule has 1 amide bonds. The molecule has 0 aromatic heterocycles. The van der Waals surface area contributed by atoms with Gasteiger partial charge in [0.2, 0.25) is 5.91 Å². The molecule has 0 aliphatic carbocycles. The lowest BCUT2D eigenvalue weighted by atomic mass is 10.1. The van der Waals surface area contributed by atoms with Crippen molar-refractivity contribution < 1.29 is 9.90 Å². The first-order chi connectivity index (χ1) is 6.26. The molecule has 0 spiro atoms. The van der Waals surface area contributed by atoms with Crippen LogP contribution >= 0.6 is 0 Å². The Morgan fingerprint density at radius 1 is 1.69 bits per heavy atom. The average molecular weight is 186 g/mol. The SMILES string of the molecule is CNC(=O)CN1CCC(CCO)C1. The Labute approximate surface area is 78.9 Å². The Bertz CT molecular complexity index is 173. The maximum Gasteiger partial charge on any atom is 0.233 e. The summed E-state index contributed by atoms with van der Waals surface area (Å²) in [6.07, 6.45) is 1.97. The molecule has 0 aromatic carbocycles. The number of amides is 1. The Kier molecular flexibility index (Phi) is 4.18. The van der Waals surface area contributed by atoms with E-state index in [1.165, 1.54) is 0 Å². The van der Waals surface area contributed by atoms with Crippen molar-refractivity contribution in [3.8, 4) is 0 Å². The number of carbonyl (C=O) groups is 1. The van der Waals surface area contributed by atoms with Gasteiger partial charge in [0.05, 0.1) is 6.54 Å². The zero-order chi connectivity index (χ0) is 9.68. The standard InChI is InChI=1S/C9H18N2O2/c1-10-9(13)7-11-4-2-8(6-11)3-5-12/h8,12H,2-7H2,1H3,(H,10,13). The van der Waals surface area contributed by atoms with Crippen LogP contribution in [0.2, 0.25) is 0 Å². The smallest absolute Gasteiger partial charge is 0.233 e. The van der Waals surface area contributed by atoms with Crippen LogP contribution in [0, 0.1) is 5.92 Å². The number of rotatable bonds is 4. The van der Waals surface area contributed by atoms with Gasteiger partial charge in [-0.3, -0.25) is 9.69 Å². The molecule has 76 valence electrons. The number of nitrogens with zero attached hydrogens (tertiary/aromatic N) is 1. The molecule has 1 aliphatic heterocycles. The highest BCUT2D eigenvalue weighted by molar-refractivity contribution is 5.77. The zero-order valence-corrected chi connectivity index (χ0v) is 8.12. The number of hydrogen-bond acceptors (Lipinski definition) is 3. The third-order valence-corrected chi connectivity index (χ3v) is 2.55. The van der Waals surface area contributed by atoms with E-state index in [0.717, 1.165) is 25.9 Å². The van der Waals surface area contributed by atoms with Crippen molar-refractivity contribution in [3.05, 3.63) is 0 Å². The van der Waals surface area contributed by atoms with Gasteiger partial charge in [0.15, 0.2) is 0 Å². The van der Waals surface area contributed by atoms with Crippen LogP contribution in [0.25, 0.3) is 0 Å². The summed E-state index contributed by atoms with van der Waals surface area (Å²) in [6.45, 7) is 2.70. The molecule has 1 aliphatic rings. The van der Waals surface area contributed by atoms with E-state index in [4.69, 9.17) is 5.11 Å². The fourth-order valence-corrected chi connectivity index (χ4v) is 1.76. The third kappa shape index (κ3) is 3.32. The minimum absolute atomic E-state index is 0.0737. The van der Waals surface area contributed by atoms with Crippen LogP contribution in [0.3, 0.4) is 0 Å². The van der Waals surface area contributed by atoms with E-state index < -0.39 is 0 Å². The van der Waals surface area contributed by atoms with Gasteiger partial charge >= 0.3 is 0 Å². The van der Waals surface area contributed by atoms with E-state index in [1.54, 1.807) is 7.05 Å². The molecule has 1 atom stereocenters. The van der Waals surface area contributed by atoms with Crippen molar-refractivity contribution in [2.75, 3.05) is 33.3 Å². The monoisotopic (exact) mass is 186 g/mol. The fourth-order valence-electron chi connectivity index (χ4n) is 1.76. The quantitative estimate of drug-likeness (QED) is 0.618. The van der Waals surface area contributed by atoms with Gasteiger partial charge < -0.3 is 10.4 Å². The summed E-state index contributed by atoms with van der Waals surface area (Å²) in [7, 11) is 1.66. The zero-order valence-electron chi connectivity index (χ0n) is 8.12. The number of likely N-dealkylation sites (N-methyl/N-ethyl adjacent to an activating group) is 1.